The minimum Gasteiger partial charge on any atom is -0.273 e. The molecule has 1 aromatic carbocycles. The highest BCUT2D eigenvalue weighted by molar-refractivity contribution is 5.87. The van der Waals surface area contributed by atoms with E-state index in [4.69, 9.17) is 0 Å². The fraction of sp³-hybridized carbons (Fsp3) is 0.500. The van der Waals surface area contributed by atoms with Gasteiger partial charge in [0.15, 0.2) is 0 Å². The number of aryl methyl sites for hydroxylation is 1. The lowest BCUT2D eigenvalue weighted by Gasteiger charge is -2.18. The largest absolute Gasteiger partial charge is 0.273 e. The van der Waals surface area contributed by atoms with E-state index in [1.54, 1.807) is 0 Å². The molecule has 1 saturated carbocycles. The van der Waals surface area contributed by atoms with Gasteiger partial charge in [0.2, 0.25) is 5.91 Å². The van der Waals surface area contributed by atoms with Gasteiger partial charge in [0.05, 0.1) is 0 Å². The summed E-state index contributed by atoms with van der Waals surface area (Å²) < 4.78 is 0. The van der Waals surface area contributed by atoms with Gasteiger partial charge in [-0.25, -0.2) is 5.43 Å². The summed E-state index contributed by atoms with van der Waals surface area (Å²) in [6, 6.07) is 10.1. The third-order valence-corrected chi connectivity index (χ3v) is 3.57. The second-order valence-electron chi connectivity index (χ2n) is 5.40. The monoisotopic (exact) mass is 258 g/mol. The van der Waals surface area contributed by atoms with Gasteiger partial charge in [-0.05, 0) is 43.6 Å². The van der Waals surface area contributed by atoms with Crippen LogP contribution in [0.3, 0.4) is 0 Å². The fourth-order valence-corrected chi connectivity index (χ4v) is 2.46. The van der Waals surface area contributed by atoms with E-state index >= 15 is 0 Å². The van der Waals surface area contributed by atoms with Crippen LogP contribution in [0.5, 0.6) is 0 Å². The van der Waals surface area contributed by atoms with Crippen LogP contribution < -0.4 is 5.43 Å². The van der Waals surface area contributed by atoms with Crippen molar-refractivity contribution in [2.24, 2.45) is 11.0 Å². The van der Waals surface area contributed by atoms with Crippen LogP contribution in [0.25, 0.3) is 0 Å². The smallest absolute Gasteiger partial charge is 0.240 e. The molecule has 3 nitrogen and oxygen atoms in total. The second kappa shape index (κ2) is 7.07. The first-order valence-corrected chi connectivity index (χ1v) is 7.12. The molecule has 0 saturated heterocycles. The zero-order chi connectivity index (χ0) is 13.5. The van der Waals surface area contributed by atoms with E-state index in [0.29, 0.717) is 12.3 Å². The molecule has 1 aromatic rings. The van der Waals surface area contributed by atoms with Crippen molar-refractivity contribution in [2.45, 2.75) is 45.4 Å². The molecule has 3 heteroatoms. The first-order valence-electron chi connectivity index (χ1n) is 7.12. The number of hydrazone groups is 1. The summed E-state index contributed by atoms with van der Waals surface area (Å²) in [6.07, 6.45) is 5.80. The van der Waals surface area contributed by atoms with Gasteiger partial charge in [-0.3, -0.25) is 4.79 Å². The number of hydrogen-bond acceptors (Lipinski definition) is 2. The number of benzene rings is 1. The number of hydrogen-bond donors (Lipinski definition) is 1. The summed E-state index contributed by atoms with van der Waals surface area (Å²) in [4.78, 5) is 11.7. The molecule has 0 spiro atoms. The predicted molar refractivity (Wildman–Crippen MR) is 78.0 cm³/mol. The van der Waals surface area contributed by atoms with Crippen molar-refractivity contribution in [2.75, 3.05) is 0 Å². The quantitative estimate of drug-likeness (QED) is 0.827. The lowest BCUT2D eigenvalue weighted by molar-refractivity contribution is -0.121. The van der Waals surface area contributed by atoms with E-state index in [0.717, 1.165) is 25.0 Å². The lowest BCUT2D eigenvalue weighted by atomic mass is 9.89. The minimum atomic E-state index is 0.00887. The van der Waals surface area contributed by atoms with E-state index in [1.165, 1.54) is 18.4 Å². The van der Waals surface area contributed by atoms with Crippen LogP contribution in [0.4, 0.5) is 0 Å². The van der Waals surface area contributed by atoms with Gasteiger partial charge in [0, 0.05) is 12.1 Å². The Morgan fingerprint density at radius 2 is 2.16 bits per heavy atom. The Morgan fingerprint density at radius 3 is 2.89 bits per heavy atom. The van der Waals surface area contributed by atoms with Crippen LogP contribution >= 0.6 is 0 Å². The third-order valence-electron chi connectivity index (χ3n) is 3.57. The van der Waals surface area contributed by atoms with Crippen LogP contribution in [0, 0.1) is 5.92 Å². The molecule has 0 aliphatic heterocycles. The molecule has 1 atom stereocenters. The summed E-state index contributed by atoms with van der Waals surface area (Å²) in [7, 11) is 0. The van der Waals surface area contributed by atoms with Gasteiger partial charge in [-0.2, -0.15) is 5.10 Å². The average Bonchev–Trinajstić information content (AvgIpc) is 2.44. The molecule has 0 radical (unpaired) electrons. The minimum absolute atomic E-state index is 0.00887. The molecule has 102 valence electrons. The van der Waals surface area contributed by atoms with Crippen molar-refractivity contribution in [1.29, 1.82) is 0 Å². The molecular weight excluding hydrogens is 236 g/mol. The maximum Gasteiger partial charge on any atom is 0.240 e. The number of rotatable bonds is 4. The van der Waals surface area contributed by atoms with Crippen molar-refractivity contribution >= 4 is 11.6 Å². The van der Waals surface area contributed by atoms with E-state index in [1.807, 2.05) is 30.3 Å². The van der Waals surface area contributed by atoms with Crippen molar-refractivity contribution in [1.82, 2.24) is 5.43 Å². The molecule has 0 bridgehead atoms. The summed E-state index contributed by atoms with van der Waals surface area (Å²) >= 11 is 0. The van der Waals surface area contributed by atoms with Gasteiger partial charge in [-0.15, -0.1) is 0 Å². The van der Waals surface area contributed by atoms with Gasteiger partial charge >= 0.3 is 0 Å². The third kappa shape index (κ3) is 4.86. The topological polar surface area (TPSA) is 41.5 Å². The molecule has 0 aromatic heterocycles. The summed E-state index contributed by atoms with van der Waals surface area (Å²) in [5, 5.41) is 4.26. The number of nitrogens with one attached hydrogen (secondary N) is 1. The molecule has 0 heterocycles. The molecule has 1 N–H and O–H groups in total. The molecule has 19 heavy (non-hydrogen) atoms. The Morgan fingerprint density at radius 1 is 1.37 bits per heavy atom. The van der Waals surface area contributed by atoms with Crippen LogP contribution in [-0.4, -0.2) is 11.6 Å². The predicted octanol–water partition coefficient (Wildman–Crippen LogP) is 3.30. The van der Waals surface area contributed by atoms with Gasteiger partial charge < -0.3 is 0 Å². The highest BCUT2D eigenvalue weighted by Crippen LogP contribution is 2.20. The zero-order valence-corrected chi connectivity index (χ0v) is 11.6. The van der Waals surface area contributed by atoms with Gasteiger partial charge in [0.25, 0.3) is 0 Å². The van der Waals surface area contributed by atoms with Crippen LogP contribution in [0.15, 0.2) is 35.4 Å². The Hall–Kier alpha value is -1.64. The number of amides is 1. The van der Waals surface area contributed by atoms with Crippen molar-refractivity contribution in [3.8, 4) is 0 Å². The standard InChI is InChI=1S/C16H22N2O/c1-13-6-5-9-15(12-13)17-18-16(19)11-10-14-7-3-2-4-8-14/h2-4,7-8,13H,5-6,9-12H2,1H3,(H,18,19)/b17-15+. The van der Waals surface area contributed by atoms with Gasteiger partial charge in [0.1, 0.15) is 0 Å². The maximum absolute atomic E-state index is 11.7. The summed E-state index contributed by atoms with van der Waals surface area (Å²) in [6.45, 7) is 2.24. The molecule has 2 rings (SSSR count). The first kappa shape index (κ1) is 13.8. The highest BCUT2D eigenvalue weighted by Gasteiger charge is 2.14. The van der Waals surface area contributed by atoms with E-state index in [2.05, 4.69) is 17.5 Å². The fourth-order valence-electron chi connectivity index (χ4n) is 2.46. The Kier molecular flexibility index (Phi) is 5.13. The van der Waals surface area contributed by atoms with Crippen molar-refractivity contribution in [3.63, 3.8) is 0 Å². The van der Waals surface area contributed by atoms with Crippen LogP contribution in [-0.2, 0) is 11.2 Å². The molecule has 1 amide bonds. The van der Waals surface area contributed by atoms with Gasteiger partial charge in [-0.1, -0.05) is 37.3 Å². The number of carbonyl (C=O) groups is 1. The molecule has 1 fully saturated rings. The molecule has 1 aliphatic rings. The maximum atomic E-state index is 11.7. The Balaban J connectivity index is 1.74. The number of carbonyl (C=O) groups excluding carboxylic acids is 1. The molecule has 1 aliphatic carbocycles. The highest BCUT2D eigenvalue weighted by atomic mass is 16.2. The molecule has 1 unspecified atom stereocenters. The van der Waals surface area contributed by atoms with Crippen LogP contribution in [0.2, 0.25) is 0 Å². The first-order chi connectivity index (χ1) is 9.24. The van der Waals surface area contributed by atoms with E-state index < -0.39 is 0 Å². The second-order valence-corrected chi connectivity index (χ2v) is 5.40. The zero-order valence-electron chi connectivity index (χ0n) is 11.6. The van der Waals surface area contributed by atoms with Crippen LogP contribution in [0.1, 0.15) is 44.6 Å². The molecular formula is C16H22N2O. The van der Waals surface area contributed by atoms with Crippen molar-refractivity contribution in [3.05, 3.63) is 35.9 Å². The van der Waals surface area contributed by atoms with E-state index in [-0.39, 0.29) is 5.91 Å². The van der Waals surface area contributed by atoms with E-state index in [9.17, 15) is 4.79 Å². The lowest BCUT2D eigenvalue weighted by Crippen LogP contribution is -2.22. The Labute approximate surface area is 115 Å². The normalized spacial score (nSPS) is 21.3. The summed E-state index contributed by atoms with van der Waals surface area (Å²) in [5.41, 5.74) is 5.03. The summed E-state index contributed by atoms with van der Waals surface area (Å²) in [5.74, 6) is 0.711. The number of nitrogens with zero attached hydrogens (tertiary/aromatic N) is 1. The SMILES string of the molecule is CC1CCC/C(=N\NC(=O)CCc2ccccc2)C1. The average molecular weight is 258 g/mol. The van der Waals surface area contributed by atoms with Crippen molar-refractivity contribution < 1.29 is 4.79 Å². The Bertz CT molecular complexity index is 439.